The van der Waals surface area contributed by atoms with E-state index in [9.17, 15) is 4.79 Å². The average Bonchev–Trinajstić information content (AvgIpc) is 3.01. The van der Waals surface area contributed by atoms with Gasteiger partial charge in [0.1, 0.15) is 12.4 Å². The number of esters is 1. The average molecular weight is 347 g/mol. The lowest BCUT2D eigenvalue weighted by atomic mass is 9.96. The van der Waals surface area contributed by atoms with E-state index >= 15 is 0 Å². The van der Waals surface area contributed by atoms with Crippen LogP contribution in [0.4, 0.5) is 5.95 Å². The molecule has 6 nitrogen and oxygen atoms in total. The number of rotatable bonds is 5. The number of hydrogen-bond acceptors (Lipinski definition) is 5. The zero-order valence-electron chi connectivity index (χ0n) is 13.6. The van der Waals surface area contributed by atoms with Crippen LogP contribution in [0.3, 0.4) is 0 Å². The van der Waals surface area contributed by atoms with Crippen LogP contribution < -0.4 is 5.32 Å². The summed E-state index contributed by atoms with van der Waals surface area (Å²) in [5.41, 5.74) is 2.09. The maximum Gasteiger partial charge on any atom is 0.338 e. The molecule has 3 rings (SSSR count). The second kappa shape index (κ2) is 7.05. The third kappa shape index (κ3) is 3.14. The number of hydrogen-bond donors (Lipinski definition) is 1. The van der Waals surface area contributed by atoms with Crippen molar-refractivity contribution in [3.8, 4) is 0 Å². The first kappa shape index (κ1) is 16.5. The molecule has 1 N–H and O–H groups in total. The van der Waals surface area contributed by atoms with Gasteiger partial charge in [0, 0.05) is 10.7 Å². The van der Waals surface area contributed by atoms with Crippen LogP contribution in [0.5, 0.6) is 0 Å². The standard InChI is InChI=1S/C17H19ClN4O2/c1-3-4-8-24-16(23)14-11(2)21-17-19-10-20-22(17)15(14)12-6-5-7-13(18)9-12/h5-7,9-10,15H,3-4,8H2,1-2H3,(H,19,20,21). The summed E-state index contributed by atoms with van der Waals surface area (Å²) in [5, 5.41) is 7.98. The predicted molar refractivity (Wildman–Crippen MR) is 91.8 cm³/mol. The first-order valence-electron chi connectivity index (χ1n) is 7.91. The van der Waals surface area contributed by atoms with Crippen molar-refractivity contribution < 1.29 is 9.53 Å². The first-order valence-corrected chi connectivity index (χ1v) is 8.29. The molecule has 0 spiro atoms. The topological polar surface area (TPSA) is 69.0 Å². The van der Waals surface area contributed by atoms with E-state index in [-0.39, 0.29) is 5.97 Å². The molecular formula is C17H19ClN4O2. The van der Waals surface area contributed by atoms with Gasteiger partial charge in [-0.25, -0.2) is 9.48 Å². The Balaban J connectivity index is 2.02. The fraction of sp³-hybridized carbons (Fsp3) is 0.353. The molecule has 1 atom stereocenters. The van der Waals surface area contributed by atoms with Gasteiger partial charge in [-0.3, -0.25) is 0 Å². The number of fused-ring (bicyclic) bond motifs is 1. The fourth-order valence-corrected chi connectivity index (χ4v) is 2.93. The highest BCUT2D eigenvalue weighted by Crippen LogP contribution is 2.35. The molecule has 0 bridgehead atoms. The SMILES string of the molecule is CCCCOC(=O)C1=C(C)Nc2ncnn2C1c1cccc(Cl)c1. The molecule has 0 amide bonds. The Hall–Kier alpha value is -2.34. The predicted octanol–water partition coefficient (Wildman–Crippen LogP) is 3.56. The quantitative estimate of drug-likeness (QED) is 0.662. The van der Waals surface area contributed by atoms with Crippen LogP contribution in [-0.4, -0.2) is 27.3 Å². The summed E-state index contributed by atoms with van der Waals surface area (Å²) in [5.74, 6) is 0.238. The Morgan fingerprint density at radius 3 is 3.04 bits per heavy atom. The van der Waals surface area contributed by atoms with Crippen molar-refractivity contribution >= 4 is 23.5 Å². The highest BCUT2D eigenvalue weighted by molar-refractivity contribution is 6.30. The maximum absolute atomic E-state index is 12.7. The van der Waals surface area contributed by atoms with Gasteiger partial charge in [-0.05, 0) is 31.0 Å². The first-order chi connectivity index (χ1) is 11.6. The summed E-state index contributed by atoms with van der Waals surface area (Å²) in [7, 11) is 0. The molecule has 1 aromatic heterocycles. The van der Waals surface area contributed by atoms with Crippen molar-refractivity contribution in [2.75, 3.05) is 11.9 Å². The summed E-state index contributed by atoms with van der Waals surface area (Å²) in [6, 6.07) is 6.97. The number of nitrogens with zero attached hydrogens (tertiary/aromatic N) is 3. The highest BCUT2D eigenvalue weighted by atomic mass is 35.5. The number of aromatic nitrogens is 3. The second-order valence-corrected chi connectivity index (χ2v) is 6.08. The smallest absolute Gasteiger partial charge is 0.338 e. The molecule has 1 aliphatic heterocycles. The van der Waals surface area contributed by atoms with Crippen molar-refractivity contribution in [3.05, 3.63) is 52.4 Å². The zero-order chi connectivity index (χ0) is 17.1. The summed E-state index contributed by atoms with van der Waals surface area (Å²) < 4.78 is 7.11. The molecule has 2 aromatic rings. The zero-order valence-corrected chi connectivity index (χ0v) is 14.4. The van der Waals surface area contributed by atoms with Gasteiger partial charge in [-0.2, -0.15) is 10.1 Å². The third-order valence-electron chi connectivity index (χ3n) is 3.91. The molecule has 0 saturated carbocycles. The lowest BCUT2D eigenvalue weighted by Gasteiger charge is -2.28. The van der Waals surface area contributed by atoms with Gasteiger partial charge in [0.25, 0.3) is 0 Å². The lowest BCUT2D eigenvalue weighted by Crippen LogP contribution is -2.29. The van der Waals surface area contributed by atoms with E-state index in [4.69, 9.17) is 16.3 Å². The number of carbonyl (C=O) groups excluding carboxylic acids is 1. The summed E-state index contributed by atoms with van der Waals surface area (Å²) in [6.45, 7) is 4.29. The van der Waals surface area contributed by atoms with Crippen LogP contribution in [0.15, 0.2) is 41.9 Å². The van der Waals surface area contributed by atoms with Crippen molar-refractivity contribution in [1.82, 2.24) is 14.8 Å². The molecule has 1 aliphatic rings. The Morgan fingerprint density at radius 2 is 2.29 bits per heavy atom. The van der Waals surface area contributed by atoms with Crippen LogP contribution in [-0.2, 0) is 9.53 Å². The van der Waals surface area contributed by atoms with Crippen molar-refractivity contribution in [3.63, 3.8) is 0 Å². The molecule has 0 radical (unpaired) electrons. The van der Waals surface area contributed by atoms with E-state index in [1.807, 2.05) is 25.1 Å². The van der Waals surface area contributed by atoms with Gasteiger partial charge >= 0.3 is 5.97 Å². The monoisotopic (exact) mass is 346 g/mol. The second-order valence-electron chi connectivity index (χ2n) is 5.64. The minimum absolute atomic E-state index is 0.348. The van der Waals surface area contributed by atoms with E-state index in [2.05, 4.69) is 22.3 Å². The van der Waals surface area contributed by atoms with E-state index in [0.29, 0.717) is 28.8 Å². The minimum Gasteiger partial charge on any atom is -0.462 e. The van der Waals surface area contributed by atoms with E-state index < -0.39 is 6.04 Å². The summed E-state index contributed by atoms with van der Waals surface area (Å²) in [4.78, 5) is 16.9. The number of carbonyl (C=O) groups is 1. The minimum atomic E-state index is -0.420. The molecule has 1 aromatic carbocycles. The molecule has 0 aliphatic carbocycles. The molecular weight excluding hydrogens is 328 g/mol. The number of anilines is 1. The number of halogens is 1. The van der Waals surface area contributed by atoms with Gasteiger partial charge in [0.2, 0.25) is 5.95 Å². The van der Waals surface area contributed by atoms with Crippen molar-refractivity contribution in [2.24, 2.45) is 0 Å². The Labute approximate surface area is 145 Å². The van der Waals surface area contributed by atoms with Crippen LogP contribution in [0, 0.1) is 0 Å². The molecule has 126 valence electrons. The molecule has 0 saturated heterocycles. The lowest BCUT2D eigenvalue weighted by molar-refractivity contribution is -0.139. The molecule has 0 fully saturated rings. The van der Waals surface area contributed by atoms with Crippen molar-refractivity contribution in [1.29, 1.82) is 0 Å². The number of ether oxygens (including phenoxy) is 1. The fourth-order valence-electron chi connectivity index (χ4n) is 2.73. The number of benzene rings is 1. The van der Waals surface area contributed by atoms with Gasteiger partial charge < -0.3 is 10.1 Å². The Bertz CT molecular complexity index is 784. The van der Waals surface area contributed by atoms with E-state index in [1.54, 1.807) is 10.7 Å². The Kier molecular flexibility index (Phi) is 4.85. The summed E-state index contributed by atoms with van der Waals surface area (Å²) in [6.07, 6.45) is 3.26. The van der Waals surface area contributed by atoms with Crippen LogP contribution in [0.2, 0.25) is 5.02 Å². The van der Waals surface area contributed by atoms with Crippen LogP contribution >= 0.6 is 11.6 Å². The number of nitrogens with one attached hydrogen (secondary N) is 1. The molecule has 1 unspecified atom stereocenters. The normalized spacial score (nSPS) is 16.5. The highest BCUT2D eigenvalue weighted by Gasteiger charge is 2.34. The van der Waals surface area contributed by atoms with Crippen molar-refractivity contribution in [2.45, 2.75) is 32.7 Å². The van der Waals surface area contributed by atoms with E-state index in [0.717, 1.165) is 18.4 Å². The van der Waals surface area contributed by atoms with Gasteiger partial charge in [0.05, 0.1) is 12.2 Å². The maximum atomic E-state index is 12.7. The van der Waals surface area contributed by atoms with Gasteiger partial charge in [-0.1, -0.05) is 37.1 Å². The van der Waals surface area contributed by atoms with Crippen LogP contribution in [0.1, 0.15) is 38.3 Å². The van der Waals surface area contributed by atoms with E-state index in [1.165, 1.54) is 6.33 Å². The van der Waals surface area contributed by atoms with Gasteiger partial charge in [-0.15, -0.1) is 0 Å². The number of unbranched alkanes of at least 4 members (excludes halogenated alkanes) is 1. The molecule has 24 heavy (non-hydrogen) atoms. The summed E-state index contributed by atoms with van der Waals surface area (Å²) >= 11 is 6.14. The van der Waals surface area contributed by atoms with Gasteiger partial charge in [0.15, 0.2) is 0 Å². The largest absolute Gasteiger partial charge is 0.462 e. The molecule has 7 heteroatoms. The third-order valence-corrected chi connectivity index (χ3v) is 4.14. The van der Waals surface area contributed by atoms with Crippen LogP contribution in [0.25, 0.3) is 0 Å². The molecule has 2 heterocycles. The number of allylic oxidation sites excluding steroid dienone is 1. The Morgan fingerprint density at radius 1 is 1.46 bits per heavy atom.